The number of nitrogens with zero attached hydrogens (tertiary/aromatic N) is 2. The maximum Gasteiger partial charge on any atom is 0.353 e. The van der Waals surface area contributed by atoms with Crippen LogP contribution in [0.1, 0.15) is 36.2 Å². The van der Waals surface area contributed by atoms with Crippen molar-refractivity contribution in [2.45, 2.75) is 50.3 Å². The van der Waals surface area contributed by atoms with Gasteiger partial charge in [-0.05, 0) is 49.2 Å². The Kier molecular flexibility index (Phi) is 8.60. The van der Waals surface area contributed by atoms with E-state index in [0.717, 1.165) is 5.56 Å². The number of benzene rings is 2. The van der Waals surface area contributed by atoms with Crippen molar-refractivity contribution in [2.24, 2.45) is 11.8 Å². The molecule has 3 aliphatic rings. The molecule has 2 amide bonds. The molecule has 13 heteroatoms. The van der Waals surface area contributed by atoms with Crippen LogP contribution < -0.4 is 5.32 Å². The molecule has 2 unspecified atom stereocenters. The van der Waals surface area contributed by atoms with Crippen LogP contribution in [-0.4, -0.2) is 78.9 Å². The van der Waals surface area contributed by atoms with Crippen molar-refractivity contribution in [3.05, 3.63) is 74.2 Å². The maximum atomic E-state index is 13.6. The molecule has 4 N–H and O–H groups in total. The molecule has 0 spiro atoms. The van der Waals surface area contributed by atoms with Crippen molar-refractivity contribution in [3.63, 3.8) is 0 Å². The number of carboxylic acids is 2. The fourth-order valence-corrected chi connectivity index (χ4v) is 8.10. The number of carboxylic acid groups (broad SMARTS) is 2. The van der Waals surface area contributed by atoms with Crippen molar-refractivity contribution < 1.29 is 34.5 Å². The van der Waals surface area contributed by atoms with Crippen molar-refractivity contribution >= 4 is 64.4 Å². The Morgan fingerprint density at radius 1 is 1.12 bits per heavy atom. The first-order valence-electron chi connectivity index (χ1n) is 13.3. The number of fused-ring (bicyclic) bond motifs is 1. The van der Waals surface area contributed by atoms with Gasteiger partial charge in [0.2, 0.25) is 11.8 Å². The highest BCUT2D eigenvalue weighted by Gasteiger charge is 2.60. The Balaban J connectivity index is 1.41. The van der Waals surface area contributed by atoms with Gasteiger partial charge in [0.05, 0.1) is 29.7 Å². The smallest absolute Gasteiger partial charge is 0.353 e. The number of aliphatic hydroxyl groups excluding tert-OH is 1. The Labute approximate surface area is 256 Å². The van der Waals surface area contributed by atoms with Gasteiger partial charge < -0.3 is 25.5 Å². The first kappa shape index (κ1) is 30.4. The molecule has 10 nitrogen and oxygen atoms in total. The van der Waals surface area contributed by atoms with Crippen LogP contribution in [0.2, 0.25) is 10.0 Å². The van der Waals surface area contributed by atoms with E-state index in [1.54, 1.807) is 30.3 Å². The SMILES string of the molecule is C[C@H]1C(SC2C[C@@H](C(=O)Nc3cccc(C(=O)O)c3)N(Cc3ccc(Cl)cc3Cl)C2)=C(C(=O)O)N2C(=O)[C@H]([C@@H](C)O)C12. The molecule has 6 atom stereocenters. The van der Waals surface area contributed by atoms with Gasteiger partial charge in [-0.2, -0.15) is 0 Å². The third-order valence-corrected chi connectivity index (χ3v) is 10.1. The number of halogens is 2. The molecule has 2 saturated heterocycles. The minimum absolute atomic E-state index is 0.0375. The number of β-lactam (4-membered cyclic amide) rings is 1. The number of rotatable bonds is 9. The van der Waals surface area contributed by atoms with E-state index in [1.165, 1.54) is 35.7 Å². The highest BCUT2D eigenvalue weighted by molar-refractivity contribution is 8.03. The van der Waals surface area contributed by atoms with E-state index in [-0.39, 0.29) is 28.3 Å². The van der Waals surface area contributed by atoms with E-state index in [2.05, 4.69) is 5.32 Å². The summed E-state index contributed by atoms with van der Waals surface area (Å²) in [5.74, 6) is -4.04. The lowest BCUT2D eigenvalue weighted by atomic mass is 9.79. The van der Waals surface area contributed by atoms with E-state index >= 15 is 0 Å². The number of nitrogens with one attached hydrogen (secondary N) is 1. The van der Waals surface area contributed by atoms with Gasteiger partial charge in [0.1, 0.15) is 5.70 Å². The summed E-state index contributed by atoms with van der Waals surface area (Å²) < 4.78 is 0. The predicted octanol–water partition coefficient (Wildman–Crippen LogP) is 4.16. The lowest BCUT2D eigenvalue weighted by Crippen LogP contribution is -2.63. The normalized spacial score (nSPS) is 26.2. The van der Waals surface area contributed by atoms with Crippen LogP contribution in [0.15, 0.2) is 53.1 Å². The van der Waals surface area contributed by atoms with Gasteiger partial charge in [0, 0.05) is 44.9 Å². The molecule has 2 fully saturated rings. The van der Waals surface area contributed by atoms with Crippen molar-refractivity contribution in [2.75, 3.05) is 11.9 Å². The highest BCUT2D eigenvalue weighted by atomic mass is 35.5. The van der Waals surface area contributed by atoms with Crippen LogP contribution >= 0.6 is 35.0 Å². The number of hydrogen-bond acceptors (Lipinski definition) is 7. The number of likely N-dealkylation sites (tertiary alicyclic amines) is 1. The van der Waals surface area contributed by atoms with Crippen LogP contribution in [-0.2, 0) is 20.9 Å². The molecule has 0 saturated carbocycles. The fourth-order valence-electron chi connectivity index (χ4n) is 6.08. The molecule has 2 aromatic carbocycles. The van der Waals surface area contributed by atoms with Gasteiger partial charge in [-0.25, -0.2) is 9.59 Å². The molecule has 42 heavy (non-hydrogen) atoms. The summed E-state index contributed by atoms with van der Waals surface area (Å²) in [7, 11) is 0. The van der Waals surface area contributed by atoms with Gasteiger partial charge in [-0.15, -0.1) is 11.8 Å². The van der Waals surface area contributed by atoms with E-state index in [9.17, 15) is 34.5 Å². The fraction of sp³-hybridized carbons (Fsp3) is 0.379. The molecule has 3 heterocycles. The molecule has 0 bridgehead atoms. The number of hydrogen-bond donors (Lipinski definition) is 4. The molecule has 0 aliphatic carbocycles. The Hall–Kier alpha value is -3.09. The zero-order valence-corrected chi connectivity index (χ0v) is 25.0. The molecule has 5 rings (SSSR count). The molecule has 2 aromatic rings. The van der Waals surface area contributed by atoms with Crippen molar-refractivity contribution in [3.8, 4) is 0 Å². The lowest BCUT2D eigenvalue weighted by molar-refractivity contribution is -0.163. The minimum Gasteiger partial charge on any atom is -0.478 e. The molecule has 0 aromatic heterocycles. The van der Waals surface area contributed by atoms with Crippen LogP contribution in [0.3, 0.4) is 0 Å². The van der Waals surface area contributed by atoms with Crippen LogP contribution in [0.4, 0.5) is 5.69 Å². The molecular weight excluding hydrogens is 605 g/mol. The largest absolute Gasteiger partial charge is 0.478 e. The van der Waals surface area contributed by atoms with Gasteiger partial charge in [-0.1, -0.05) is 42.3 Å². The summed E-state index contributed by atoms with van der Waals surface area (Å²) in [6.07, 6.45) is -0.540. The number of carbonyl (C=O) groups excluding carboxylic acids is 2. The average molecular weight is 635 g/mol. The van der Waals surface area contributed by atoms with Gasteiger partial charge in [-0.3, -0.25) is 14.5 Å². The van der Waals surface area contributed by atoms with Gasteiger partial charge in [0.25, 0.3) is 0 Å². The van der Waals surface area contributed by atoms with Crippen LogP contribution in [0, 0.1) is 11.8 Å². The summed E-state index contributed by atoms with van der Waals surface area (Å²) >= 11 is 13.9. The first-order chi connectivity index (χ1) is 19.9. The summed E-state index contributed by atoms with van der Waals surface area (Å²) in [5, 5.41) is 33.1. The zero-order valence-electron chi connectivity index (χ0n) is 22.7. The quantitative estimate of drug-likeness (QED) is 0.299. The summed E-state index contributed by atoms with van der Waals surface area (Å²) in [6.45, 7) is 4.12. The van der Waals surface area contributed by atoms with Crippen molar-refractivity contribution in [1.82, 2.24) is 9.80 Å². The number of aliphatic hydroxyl groups is 1. The number of amides is 2. The number of thioether (sulfide) groups is 1. The number of aliphatic carboxylic acids is 1. The second-order valence-corrected chi connectivity index (χ2v) is 13.0. The summed E-state index contributed by atoms with van der Waals surface area (Å²) in [6, 6.07) is 10.0. The summed E-state index contributed by atoms with van der Waals surface area (Å²) in [5.41, 5.74) is 1.07. The topological polar surface area (TPSA) is 147 Å². The monoisotopic (exact) mass is 633 g/mol. The van der Waals surface area contributed by atoms with E-state index < -0.39 is 42.0 Å². The summed E-state index contributed by atoms with van der Waals surface area (Å²) in [4.78, 5) is 53.8. The third-order valence-electron chi connectivity index (χ3n) is 8.04. The number of aromatic carboxylic acids is 1. The second-order valence-electron chi connectivity index (χ2n) is 10.8. The third kappa shape index (κ3) is 5.63. The number of anilines is 1. The molecular formula is C29H29Cl2N3O7S. The van der Waals surface area contributed by atoms with Crippen molar-refractivity contribution in [1.29, 1.82) is 0 Å². The van der Waals surface area contributed by atoms with E-state index in [0.29, 0.717) is 40.1 Å². The Morgan fingerprint density at radius 2 is 1.86 bits per heavy atom. The minimum atomic E-state index is -1.21. The Bertz CT molecular complexity index is 1500. The molecule has 0 radical (unpaired) electrons. The predicted molar refractivity (Wildman–Crippen MR) is 158 cm³/mol. The standard InChI is InChI=1S/C29H29Cl2N3O7S/c1-13-23-22(14(2)35)27(37)34(23)24(29(40)41)25(13)42-19-10-21(26(36)32-18-5-3-4-15(8-18)28(38)39)33(12-19)11-16-6-7-17(30)9-20(16)31/h3-9,13-14,19,21-23,35H,10-12H2,1-2H3,(H,32,36)(H,38,39)(H,40,41)/t13-,14-,19?,21+,22-,23?/m1/s1. The van der Waals surface area contributed by atoms with Crippen LogP contribution in [0.25, 0.3) is 0 Å². The molecule has 222 valence electrons. The zero-order chi connectivity index (χ0) is 30.5. The van der Waals surface area contributed by atoms with E-state index in [4.69, 9.17) is 23.2 Å². The number of carbonyl (C=O) groups is 4. The second kappa shape index (κ2) is 11.9. The van der Waals surface area contributed by atoms with Crippen LogP contribution in [0.5, 0.6) is 0 Å². The average Bonchev–Trinajstić information content (AvgIpc) is 3.42. The van der Waals surface area contributed by atoms with Gasteiger partial charge >= 0.3 is 11.9 Å². The molecule has 3 aliphatic heterocycles. The first-order valence-corrected chi connectivity index (χ1v) is 15.0. The Morgan fingerprint density at radius 3 is 2.50 bits per heavy atom. The van der Waals surface area contributed by atoms with E-state index in [1.807, 2.05) is 11.8 Å². The maximum absolute atomic E-state index is 13.6. The highest BCUT2D eigenvalue weighted by Crippen LogP contribution is 2.52. The lowest BCUT2D eigenvalue weighted by Gasteiger charge is -2.46. The van der Waals surface area contributed by atoms with Gasteiger partial charge in [0.15, 0.2) is 0 Å².